The third-order valence-corrected chi connectivity index (χ3v) is 2.59. The van der Waals surface area contributed by atoms with Crippen molar-refractivity contribution in [3.8, 4) is 11.5 Å². The van der Waals surface area contributed by atoms with E-state index in [4.69, 9.17) is 9.47 Å². The quantitative estimate of drug-likeness (QED) is 0.612. The molecule has 0 aliphatic heterocycles. The lowest BCUT2D eigenvalue weighted by molar-refractivity contribution is 0.0729. The molecule has 0 aliphatic carbocycles. The second-order valence-electron chi connectivity index (χ2n) is 3.86. The van der Waals surface area contributed by atoms with Crippen LogP contribution in [0.25, 0.3) is 0 Å². The fourth-order valence-corrected chi connectivity index (χ4v) is 1.70. The molecular formula is C15H14O3. The Kier molecular flexibility index (Phi) is 3.63. The van der Waals surface area contributed by atoms with Gasteiger partial charge >= 0.3 is 5.97 Å². The van der Waals surface area contributed by atoms with E-state index in [0.29, 0.717) is 17.1 Å². The summed E-state index contributed by atoms with van der Waals surface area (Å²) in [5, 5.41) is 0. The third kappa shape index (κ3) is 2.51. The van der Waals surface area contributed by atoms with E-state index in [9.17, 15) is 4.79 Å². The molecular weight excluding hydrogens is 228 g/mol. The molecule has 3 nitrogen and oxygen atoms in total. The molecule has 0 spiro atoms. The topological polar surface area (TPSA) is 35.5 Å². The Labute approximate surface area is 106 Å². The Balaban J connectivity index is 2.25. The number of ether oxygens (including phenoxy) is 2. The van der Waals surface area contributed by atoms with Crippen LogP contribution >= 0.6 is 0 Å². The maximum atomic E-state index is 11.9. The second-order valence-corrected chi connectivity index (χ2v) is 3.86. The minimum Gasteiger partial charge on any atom is -0.493 e. The van der Waals surface area contributed by atoms with Crippen LogP contribution in [0.4, 0.5) is 0 Å². The van der Waals surface area contributed by atoms with Crippen molar-refractivity contribution in [2.24, 2.45) is 0 Å². The summed E-state index contributed by atoms with van der Waals surface area (Å²) in [7, 11) is 1.56. The zero-order chi connectivity index (χ0) is 13.0. The van der Waals surface area contributed by atoms with Crippen LogP contribution in [-0.2, 0) is 0 Å². The Bertz CT molecular complexity index is 547. The Hall–Kier alpha value is -2.29. The molecule has 0 saturated carbocycles. The van der Waals surface area contributed by atoms with Gasteiger partial charge in [0.25, 0.3) is 0 Å². The Morgan fingerprint density at radius 2 is 1.72 bits per heavy atom. The van der Waals surface area contributed by atoms with Crippen LogP contribution in [0.5, 0.6) is 11.5 Å². The second kappa shape index (κ2) is 5.36. The number of methoxy groups -OCH3 is 1. The lowest BCUT2D eigenvalue weighted by Crippen LogP contribution is -2.09. The number of hydrogen-bond donors (Lipinski definition) is 0. The molecule has 0 heterocycles. The normalized spacial score (nSPS) is 9.89. The summed E-state index contributed by atoms with van der Waals surface area (Å²) in [4.78, 5) is 11.9. The molecule has 0 unspecified atom stereocenters. The molecule has 2 rings (SSSR count). The van der Waals surface area contributed by atoms with E-state index < -0.39 is 0 Å². The van der Waals surface area contributed by atoms with Gasteiger partial charge in [-0.1, -0.05) is 30.3 Å². The standard InChI is InChI=1S/C15H14O3/c1-11-7-6-10-13(14(11)17-2)18-15(16)12-8-4-3-5-9-12/h3-10H,1-2H3. The number of benzene rings is 2. The molecule has 0 aliphatic rings. The van der Waals surface area contributed by atoms with Crippen LogP contribution in [0.2, 0.25) is 0 Å². The molecule has 0 saturated heterocycles. The van der Waals surface area contributed by atoms with Crippen LogP contribution < -0.4 is 9.47 Å². The van der Waals surface area contributed by atoms with E-state index in [0.717, 1.165) is 5.56 Å². The summed E-state index contributed by atoms with van der Waals surface area (Å²) in [5.74, 6) is 0.632. The van der Waals surface area contributed by atoms with E-state index in [-0.39, 0.29) is 5.97 Å². The summed E-state index contributed by atoms with van der Waals surface area (Å²) in [6.45, 7) is 1.90. The van der Waals surface area contributed by atoms with Gasteiger partial charge in [-0.25, -0.2) is 4.79 Å². The van der Waals surface area contributed by atoms with Gasteiger partial charge in [-0.2, -0.15) is 0 Å². The first kappa shape index (κ1) is 12.2. The number of rotatable bonds is 3. The number of carbonyl (C=O) groups excluding carboxylic acids is 1. The molecule has 0 N–H and O–H groups in total. The van der Waals surface area contributed by atoms with Gasteiger partial charge in [0.1, 0.15) is 0 Å². The van der Waals surface area contributed by atoms with Crippen LogP contribution in [0.15, 0.2) is 48.5 Å². The van der Waals surface area contributed by atoms with Crippen molar-refractivity contribution in [2.75, 3.05) is 7.11 Å². The minimum absolute atomic E-state index is 0.389. The van der Waals surface area contributed by atoms with Crippen LogP contribution in [0, 0.1) is 6.92 Å². The smallest absolute Gasteiger partial charge is 0.343 e. The minimum atomic E-state index is -0.389. The lowest BCUT2D eigenvalue weighted by atomic mass is 10.2. The number of hydrogen-bond acceptors (Lipinski definition) is 3. The summed E-state index contributed by atoms with van der Waals surface area (Å²) in [6, 6.07) is 14.3. The largest absolute Gasteiger partial charge is 0.493 e. The highest BCUT2D eigenvalue weighted by molar-refractivity contribution is 5.91. The number of aryl methyl sites for hydroxylation is 1. The van der Waals surface area contributed by atoms with Crippen molar-refractivity contribution >= 4 is 5.97 Å². The monoisotopic (exact) mass is 242 g/mol. The SMILES string of the molecule is COc1c(C)cccc1OC(=O)c1ccccc1. The van der Waals surface area contributed by atoms with Crippen molar-refractivity contribution in [3.63, 3.8) is 0 Å². The highest BCUT2D eigenvalue weighted by Crippen LogP contribution is 2.30. The maximum absolute atomic E-state index is 11.9. The number of esters is 1. The molecule has 2 aromatic rings. The summed E-state index contributed by atoms with van der Waals surface area (Å²) >= 11 is 0. The van der Waals surface area contributed by atoms with Crippen molar-refractivity contribution in [2.45, 2.75) is 6.92 Å². The van der Waals surface area contributed by atoms with Gasteiger partial charge in [0.2, 0.25) is 0 Å². The van der Waals surface area contributed by atoms with E-state index in [2.05, 4.69) is 0 Å². The number of carbonyl (C=O) groups is 1. The predicted octanol–water partition coefficient (Wildman–Crippen LogP) is 3.22. The lowest BCUT2D eigenvalue weighted by Gasteiger charge is -2.11. The van der Waals surface area contributed by atoms with Gasteiger partial charge in [-0.05, 0) is 30.7 Å². The fraction of sp³-hybridized carbons (Fsp3) is 0.133. The summed E-state index contributed by atoms with van der Waals surface area (Å²) < 4.78 is 10.6. The van der Waals surface area contributed by atoms with Crippen molar-refractivity contribution in [1.82, 2.24) is 0 Å². The average molecular weight is 242 g/mol. The average Bonchev–Trinajstić information content (AvgIpc) is 2.40. The fourth-order valence-electron chi connectivity index (χ4n) is 1.70. The number of para-hydroxylation sites is 1. The van der Waals surface area contributed by atoms with Gasteiger partial charge < -0.3 is 9.47 Å². The molecule has 0 fully saturated rings. The highest BCUT2D eigenvalue weighted by Gasteiger charge is 2.12. The van der Waals surface area contributed by atoms with E-state index in [1.807, 2.05) is 25.1 Å². The first-order valence-corrected chi connectivity index (χ1v) is 5.63. The molecule has 0 bridgehead atoms. The maximum Gasteiger partial charge on any atom is 0.343 e. The molecule has 0 aromatic heterocycles. The van der Waals surface area contributed by atoms with E-state index in [1.54, 1.807) is 37.4 Å². The van der Waals surface area contributed by atoms with Gasteiger partial charge in [0, 0.05) is 0 Å². The summed E-state index contributed by atoms with van der Waals surface area (Å²) in [5.41, 5.74) is 1.44. The molecule has 0 amide bonds. The molecule has 3 heteroatoms. The van der Waals surface area contributed by atoms with E-state index >= 15 is 0 Å². The molecule has 18 heavy (non-hydrogen) atoms. The van der Waals surface area contributed by atoms with Crippen molar-refractivity contribution < 1.29 is 14.3 Å². The van der Waals surface area contributed by atoms with E-state index in [1.165, 1.54) is 0 Å². The first-order valence-electron chi connectivity index (χ1n) is 5.63. The van der Waals surface area contributed by atoms with Crippen molar-refractivity contribution in [1.29, 1.82) is 0 Å². The van der Waals surface area contributed by atoms with Crippen LogP contribution in [-0.4, -0.2) is 13.1 Å². The third-order valence-electron chi connectivity index (χ3n) is 2.59. The highest BCUT2D eigenvalue weighted by atomic mass is 16.6. The van der Waals surface area contributed by atoms with Crippen LogP contribution in [0.1, 0.15) is 15.9 Å². The van der Waals surface area contributed by atoms with Gasteiger partial charge in [-0.3, -0.25) is 0 Å². The van der Waals surface area contributed by atoms with Gasteiger partial charge in [-0.15, -0.1) is 0 Å². The molecule has 0 atom stereocenters. The molecule has 0 radical (unpaired) electrons. The zero-order valence-electron chi connectivity index (χ0n) is 10.3. The predicted molar refractivity (Wildman–Crippen MR) is 69.1 cm³/mol. The Morgan fingerprint density at radius 1 is 1.00 bits per heavy atom. The Morgan fingerprint density at radius 3 is 2.39 bits per heavy atom. The van der Waals surface area contributed by atoms with Crippen LogP contribution in [0.3, 0.4) is 0 Å². The first-order chi connectivity index (χ1) is 8.72. The molecule has 2 aromatic carbocycles. The molecule has 92 valence electrons. The van der Waals surface area contributed by atoms with Gasteiger partial charge in [0.15, 0.2) is 11.5 Å². The summed E-state index contributed by atoms with van der Waals surface area (Å²) in [6.07, 6.45) is 0. The van der Waals surface area contributed by atoms with Gasteiger partial charge in [0.05, 0.1) is 12.7 Å². The van der Waals surface area contributed by atoms with Crippen molar-refractivity contribution in [3.05, 3.63) is 59.7 Å². The zero-order valence-corrected chi connectivity index (χ0v) is 10.3.